The Balaban J connectivity index is 2.60. The molecule has 1 atom stereocenters. The lowest BCUT2D eigenvalue weighted by atomic mass is 9.82. The minimum atomic E-state index is 0.329. The Morgan fingerprint density at radius 3 is 2.54 bits per heavy atom. The monoisotopic (exact) mass is 244 g/mol. The van der Waals surface area contributed by atoms with Crippen LogP contribution in [0.15, 0.2) is 18.5 Å². The van der Waals surface area contributed by atoms with Crippen LogP contribution in [0.1, 0.15) is 20.8 Å². The molecule has 0 aliphatic carbocycles. The first kappa shape index (κ1) is 10.8. The van der Waals surface area contributed by atoms with Crippen LogP contribution >= 0.6 is 15.9 Å². The number of alkyl halides is 1. The van der Waals surface area contributed by atoms with Crippen LogP contribution in [0.3, 0.4) is 0 Å². The largest absolute Gasteiger partial charge is 0.272 e. The fourth-order valence-electron chi connectivity index (χ4n) is 1.19. The van der Waals surface area contributed by atoms with Crippen LogP contribution < -0.4 is 0 Å². The van der Waals surface area contributed by atoms with Crippen molar-refractivity contribution in [2.24, 2.45) is 11.3 Å². The third-order valence-electron chi connectivity index (χ3n) is 2.38. The molecule has 0 saturated heterocycles. The molecule has 0 fully saturated rings. The van der Waals surface area contributed by atoms with E-state index < -0.39 is 0 Å². The Bertz CT molecular complexity index is 236. The summed E-state index contributed by atoms with van der Waals surface area (Å²) in [5.74, 6) is 0.618. The second kappa shape index (κ2) is 4.27. The summed E-state index contributed by atoms with van der Waals surface area (Å²) < 4.78 is 2.00. The molecule has 0 bridgehead atoms. The number of aromatic nitrogens is 2. The quantitative estimate of drug-likeness (QED) is 0.748. The highest BCUT2D eigenvalue weighted by Gasteiger charge is 2.23. The number of nitrogens with zero attached hydrogens (tertiary/aromatic N) is 2. The van der Waals surface area contributed by atoms with E-state index >= 15 is 0 Å². The summed E-state index contributed by atoms with van der Waals surface area (Å²) in [6.07, 6.45) is 3.84. The summed E-state index contributed by atoms with van der Waals surface area (Å²) in [6.45, 7) is 7.79. The molecule has 3 heteroatoms. The average molecular weight is 245 g/mol. The standard InChI is InChI=1S/C10H17BrN2/c1-10(2,3)9(7-11)8-13-6-4-5-12-13/h4-6,9H,7-8H2,1-3H3. The van der Waals surface area contributed by atoms with Gasteiger partial charge < -0.3 is 0 Å². The molecule has 0 N–H and O–H groups in total. The van der Waals surface area contributed by atoms with E-state index in [1.807, 2.05) is 23.1 Å². The summed E-state index contributed by atoms with van der Waals surface area (Å²) in [4.78, 5) is 0. The molecule has 0 radical (unpaired) electrons. The highest BCUT2D eigenvalue weighted by atomic mass is 79.9. The van der Waals surface area contributed by atoms with Crippen molar-refractivity contribution < 1.29 is 0 Å². The maximum absolute atomic E-state index is 4.21. The topological polar surface area (TPSA) is 17.8 Å². The summed E-state index contributed by atoms with van der Waals surface area (Å²) >= 11 is 3.56. The average Bonchev–Trinajstić information content (AvgIpc) is 2.49. The zero-order chi connectivity index (χ0) is 9.90. The van der Waals surface area contributed by atoms with Gasteiger partial charge in [0.1, 0.15) is 0 Å². The zero-order valence-corrected chi connectivity index (χ0v) is 10.1. The molecule has 1 aromatic heterocycles. The molecule has 0 amide bonds. The van der Waals surface area contributed by atoms with Gasteiger partial charge in [-0.05, 0) is 17.4 Å². The lowest BCUT2D eigenvalue weighted by Gasteiger charge is -2.28. The minimum absolute atomic E-state index is 0.329. The number of hydrogen-bond acceptors (Lipinski definition) is 1. The first-order valence-electron chi connectivity index (χ1n) is 4.57. The Morgan fingerprint density at radius 2 is 2.15 bits per heavy atom. The minimum Gasteiger partial charge on any atom is -0.272 e. The normalized spacial score (nSPS) is 14.5. The number of hydrogen-bond donors (Lipinski definition) is 0. The van der Waals surface area contributed by atoms with Crippen LogP contribution in [-0.2, 0) is 6.54 Å². The lowest BCUT2D eigenvalue weighted by molar-refractivity contribution is 0.232. The van der Waals surface area contributed by atoms with Crippen molar-refractivity contribution in [3.8, 4) is 0 Å². The van der Waals surface area contributed by atoms with Crippen LogP contribution in [0.2, 0.25) is 0 Å². The van der Waals surface area contributed by atoms with Gasteiger partial charge in [0.15, 0.2) is 0 Å². The summed E-state index contributed by atoms with van der Waals surface area (Å²) in [5, 5.41) is 5.24. The molecular weight excluding hydrogens is 228 g/mol. The molecule has 1 unspecified atom stereocenters. The second-order valence-corrected chi connectivity index (χ2v) is 5.09. The maximum atomic E-state index is 4.21. The van der Waals surface area contributed by atoms with Crippen LogP contribution in [-0.4, -0.2) is 15.1 Å². The van der Waals surface area contributed by atoms with Gasteiger partial charge in [-0.2, -0.15) is 5.10 Å². The summed E-state index contributed by atoms with van der Waals surface area (Å²) in [7, 11) is 0. The molecule has 0 spiro atoms. The molecule has 0 saturated carbocycles. The molecule has 1 aromatic rings. The van der Waals surface area contributed by atoms with Gasteiger partial charge in [0.05, 0.1) is 0 Å². The van der Waals surface area contributed by atoms with Crippen molar-refractivity contribution >= 4 is 15.9 Å². The lowest BCUT2D eigenvalue weighted by Crippen LogP contribution is -2.26. The first-order chi connectivity index (χ1) is 6.04. The van der Waals surface area contributed by atoms with E-state index in [4.69, 9.17) is 0 Å². The van der Waals surface area contributed by atoms with Crippen molar-refractivity contribution in [3.63, 3.8) is 0 Å². The fourth-order valence-corrected chi connectivity index (χ4v) is 2.36. The van der Waals surface area contributed by atoms with E-state index in [1.165, 1.54) is 0 Å². The van der Waals surface area contributed by atoms with E-state index in [-0.39, 0.29) is 0 Å². The third-order valence-corrected chi connectivity index (χ3v) is 3.16. The summed E-state index contributed by atoms with van der Waals surface area (Å²) in [5.41, 5.74) is 0.329. The second-order valence-electron chi connectivity index (χ2n) is 4.45. The molecule has 13 heavy (non-hydrogen) atoms. The van der Waals surface area contributed by atoms with Crippen LogP contribution in [0.4, 0.5) is 0 Å². The Labute approximate surface area is 88.5 Å². The van der Waals surface area contributed by atoms with Crippen molar-refractivity contribution in [3.05, 3.63) is 18.5 Å². The maximum Gasteiger partial charge on any atom is 0.0489 e. The molecule has 1 heterocycles. The highest BCUT2D eigenvalue weighted by Crippen LogP contribution is 2.28. The van der Waals surface area contributed by atoms with E-state index in [1.54, 1.807) is 0 Å². The Hall–Kier alpha value is -0.310. The van der Waals surface area contributed by atoms with Gasteiger partial charge in [0, 0.05) is 24.3 Å². The van der Waals surface area contributed by atoms with Gasteiger partial charge in [-0.25, -0.2) is 0 Å². The number of rotatable bonds is 3. The molecule has 2 nitrogen and oxygen atoms in total. The van der Waals surface area contributed by atoms with Gasteiger partial charge in [0.25, 0.3) is 0 Å². The van der Waals surface area contributed by atoms with Crippen molar-refractivity contribution in [2.75, 3.05) is 5.33 Å². The van der Waals surface area contributed by atoms with Crippen LogP contribution in [0, 0.1) is 11.3 Å². The smallest absolute Gasteiger partial charge is 0.0489 e. The predicted octanol–water partition coefficient (Wildman–Crippen LogP) is 2.94. The van der Waals surface area contributed by atoms with Gasteiger partial charge in [0.2, 0.25) is 0 Å². The number of halogens is 1. The van der Waals surface area contributed by atoms with Gasteiger partial charge in [-0.15, -0.1) is 0 Å². The van der Waals surface area contributed by atoms with Gasteiger partial charge in [-0.1, -0.05) is 36.7 Å². The van der Waals surface area contributed by atoms with Crippen molar-refractivity contribution in [2.45, 2.75) is 27.3 Å². The van der Waals surface area contributed by atoms with Crippen LogP contribution in [0.5, 0.6) is 0 Å². The Kier molecular flexibility index (Phi) is 3.54. The van der Waals surface area contributed by atoms with Crippen molar-refractivity contribution in [1.82, 2.24) is 9.78 Å². The summed E-state index contributed by atoms with van der Waals surface area (Å²) in [6, 6.07) is 1.97. The van der Waals surface area contributed by atoms with E-state index in [0.717, 1.165) is 11.9 Å². The molecule has 0 aliphatic rings. The first-order valence-corrected chi connectivity index (χ1v) is 5.69. The van der Waals surface area contributed by atoms with Gasteiger partial charge >= 0.3 is 0 Å². The van der Waals surface area contributed by atoms with E-state index in [9.17, 15) is 0 Å². The van der Waals surface area contributed by atoms with Crippen molar-refractivity contribution in [1.29, 1.82) is 0 Å². The SMILES string of the molecule is CC(C)(C)C(CBr)Cn1cccn1. The molecule has 74 valence electrons. The fraction of sp³-hybridized carbons (Fsp3) is 0.700. The van der Waals surface area contributed by atoms with E-state index in [2.05, 4.69) is 41.8 Å². The van der Waals surface area contributed by atoms with Gasteiger partial charge in [-0.3, -0.25) is 4.68 Å². The highest BCUT2D eigenvalue weighted by molar-refractivity contribution is 9.09. The van der Waals surface area contributed by atoms with Crippen LogP contribution in [0.25, 0.3) is 0 Å². The van der Waals surface area contributed by atoms with E-state index in [0.29, 0.717) is 11.3 Å². The zero-order valence-electron chi connectivity index (χ0n) is 8.50. The molecule has 1 rings (SSSR count). The molecular formula is C10H17BrN2. The predicted molar refractivity (Wildman–Crippen MR) is 59.0 cm³/mol. The molecule has 0 aliphatic heterocycles. The third kappa shape index (κ3) is 3.14. The Morgan fingerprint density at radius 1 is 1.46 bits per heavy atom. The molecule has 0 aromatic carbocycles.